The van der Waals surface area contributed by atoms with E-state index in [1.165, 1.54) is 6.92 Å². The zero-order valence-corrected chi connectivity index (χ0v) is 7.79. The van der Waals surface area contributed by atoms with Crippen LogP contribution >= 0.6 is 0 Å². The average Bonchev–Trinajstić information content (AvgIpc) is 1.99. The summed E-state index contributed by atoms with van der Waals surface area (Å²) in [7, 11) is 0. The Labute approximate surface area is 72.4 Å². The van der Waals surface area contributed by atoms with E-state index in [9.17, 15) is 15.0 Å². The van der Waals surface area contributed by atoms with Crippen LogP contribution in [-0.2, 0) is 4.79 Å². The second-order valence-electron chi connectivity index (χ2n) is 4.09. The van der Waals surface area contributed by atoms with Gasteiger partial charge in [0.25, 0.3) is 0 Å². The number of carbonyl (C=O) groups excluding carboxylic acids is 1. The lowest BCUT2D eigenvalue weighted by Gasteiger charge is -2.47. The first-order valence-corrected chi connectivity index (χ1v) is 4.30. The first-order valence-electron chi connectivity index (χ1n) is 4.30. The van der Waals surface area contributed by atoms with Crippen molar-refractivity contribution in [3.8, 4) is 0 Å². The summed E-state index contributed by atoms with van der Waals surface area (Å²) in [6.45, 7) is 5.11. The molecule has 0 saturated heterocycles. The lowest BCUT2D eigenvalue weighted by atomic mass is 9.64. The average molecular weight is 172 g/mol. The van der Waals surface area contributed by atoms with Crippen molar-refractivity contribution >= 4 is 5.78 Å². The number of rotatable bonds is 2. The van der Waals surface area contributed by atoms with Gasteiger partial charge in [-0.3, -0.25) is 4.79 Å². The lowest BCUT2D eigenvalue weighted by Crippen LogP contribution is -2.65. The molecule has 3 heteroatoms. The van der Waals surface area contributed by atoms with E-state index in [0.717, 1.165) is 0 Å². The highest BCUT2D eigenvalue weighted by Gasteiger charge is 2.57. The van der Waals surface area contributed by atoms with Gasteiger partial charge in [-0.2, -0.15) is 0 Å². The van der Waals surface area contributed by atoms with Gasteiger partial charge in [-0.05, 0) is 19.3 Å². The van der Waals surface area contributed by atoms with Crippen LogP contribution in [0.15, 0.2) is 0 Å². The minimum Gasteiger partial charge on any atom is -0.386 e. The van der Waals surface area contributed by atoms with Gasteiger partial charge in [-0.15, -0.1) is 0 Å². The summed E-state index contributed by atoms with van der Waals surface area (Å²) in [5.41, 5.74) is -2.77. The van der Waals surface area contributed by atoms with E-state index in [4.69, 9.17) is 0 Å². The molecule has 0 aromatic rings. The third kappa shape index (κ3) is 1.00. The molecule has 0 amide bonds. The van der Waals surface area contributed by atoms with Gasteiger partial charge >= 0.3 is 0 Å². The summed E-state index contributed by atoms with van der Waals surface area (Å²) in [5, 5.41) is 19.6. The molecule has 2 atom stereocenters. The number of Topliss-reactive ketones (excluding diaryl/α,β-unsaturated/α-hetero) is 1. The van der Waals surface area contributed by atoms with E-state index in [1.807, 2.05) is 0 Å². The SMILES string of the molecule is CC(C)C(C)(O)C1(O)CCC1=O. The Hall–Kier alpha value is -0.410. The van der Waals surface area contributed by atoms with Crippen molar-refractivity contribution in [1.82, 2.24) is 0 Å². The van der Waals surface area contributed by atoms with Crippen LogP contribution in [0.25, 0.3) is 0 Å². The van der Waals surface area contributed by atoms with Gasteiger partial charge in [0.05, 0.1) is 5.60 Å². The second kappa shape index (κ2) is 2.54. The predicted molar refractivity (Wildman–Crippen MR) is 44.7 cm³/mol. The maximum Gasteiger partial charge on any atom is 0.167 e. The largest absolute Gasteiger partial charge is 0.386 e. The lowest BCUT2D eigenvalue weighted by molar-refractivity contribution is -0.200. The maximum atomic E-state index is 11.1. The van der Waals surface area contributed by atoms with Gasteiger partial charge in [-0.1, -0.05) is 13.8 Å². The fourth-order valence-electron chi connectivity index (χ4n) is 1.48. The van der Waals surface area contributed by atoms with Gasteiger partial charge in [0.2, 0.25) is 0 Å². The topological polar surface area (TPSA) is 57.5 Å². The van der Waals surface area contributed by atoms with E-state index in [2.05, 4.69) is 0 Å². The Kier molecular flexibility index (Phi) is 2.05. The van der Waals surface area contributed by atoms with Crippen LogP contribution < -0.4 is 0 Å². The molecular weight excluding hydrogens is 156 g/mol. The Morgan fingerprint density at radius 2 is 2.08 bits per heavy atom. The molecule has 0 aromatic heterocycles. The van der Waals surface area contributed by atoms with Crippen molar-refractivity contribution in [2.24, 2.45) is 5.92 Å². The van der Waals surface area contributed by atoms with E-state index < -0.39 is 11.2 Å². The van der Waals surface area contributed by atoms with Crippen LogP contribution in [0.5, 0.6) is 0 Å². The molecule has 0 heterocycles. The summed E-state index contributed by atoms with van der Waals surface area (Å²) in [6, 6.07) is 0. The van der Waals surface area contributed by atoms with Crippen LogP contribution in [0, 0.1) is 5.92 Å². The Morgan fingerprint density at radius 3 is 2.17 bits per heavy atom. The molecule has 0 aromatic carbocycles. The Morgan fingerprint density at radius 1 is 1.58 bits per heavy atom. The highest BCUT2D eigenvalue weighted by Crippen LogP contribution is 2.41. The fraction of sp³-hybridized carbons (Fsp3) is 0.889. The molecule has 1 aliphatic carbocycles. The highest BCUT2D eigenvalue weighted by molar-refractivity contribution is 5.94. The molecule has 0 aliphatic heterocycles. The van der Waals surface area contributed by atoms with Crippen LogP contribution in [0.1, 0.15) is 33.6 Å². The second-order valence-corrected chi connectivity index (χ2v) is 4.09. The molecule has 0 spiro atoms. The summed E-state index contributed by atoms with van der Waals surface area (Å²) < 4.78 is 0. The summed E-state index contributed by atoms with van der Waals surface area (Å²) in [6.07, 6.45) is 0.774. The standard InChI is InChI=1S/C9H16O3/c1-6(2)8(3,11)9(12)5-4-7(9)10/h6,11-12H,4-5H2,1-3H3. The first-order chi connectivity index (χ1) is 5.32. The zero-order valence-electron chi connectivity index (χ0n) is 7.79. The number of carbonyl (C=O) groups is 1. The van der Waals surface area contributed by atoms with Crippen LogP contribution in [0.4, 0.5) is 0 Å². The van der Waals surface area contributed by atoms with Crippen molar-refractivity contribution in [3.05, 3.63) is 0 Å². The highest BCUT2D eigenvalue weighted by atomic mass is 16.4. The van der Waals surface area contributed by atoms with Crippen molar-refractivity contribution in [3.63, 3.8) is 0 Å². The predicted octanol–water partition coefficient (Wildman–Crippen LogP) is 0.487. The van der Waals surface area contributed by atoms with Crippen molar-refractivity contribution in [2.45, 2.75) is 44.8 Å². The molecule has 1 saturated carbocycles. The van der Waals surface area contributed by atoms with Crippen molar-refractivity contribution in [1.29, 1.82) is 0 Å². The molecule has 2 unspecified atom stereocenters. The number of ketones is 1. The van der Waals surface area contributed by atoms with Gasteiger partial charge in [0, 0.05) is 6.42 Å². The number of hydrogen-bond donors (Lipinski definition) is 2. The van der Waals surface area contributed by atoms with Crippen LogP contribution in [-0.4, -0.2) is 27.2 Å². The quantitative estimate of drug-likeness (QED) is 0.637. The third-order valence-corrected chi connectivity index (χ3v) is 3.14. The summed E-state index contributed by atoms with van der Waals surface area (Å²) in [4.78, 5) is 11.1. The molecule has 3 nitrogen and oxygen atoms in total. The molecule has 1 fully saturated rings. The molecule has 2 N–H and O–H groups in total. The monoisotopic (exact) mass is 172 g/mol. The van der Waals surface area contributed by atoms with Gasteiger partial charge < -0.3 is 10.2 Å². The van der Waals surface area contributed by atoms with Crippen LogP contribution in [0.2, 0.25) is 0 Å². The minimum atomic E-state index is -1.48. The van der Waals surface area contributed by atoms with Crippen LogP contribution in [0.3, 0.4) is 0 Å². The Bertz CT molecular complexity index is 208. The molecule has 1 rings (SSSR count). The van der Waals surface area contributed by atoms with Gasteiger partial charge in [0.1, 0.15) is 0 Å². The molecule has 0 bridgehead atoms. The van der Waals surface area contributed by atoms with E-state index >= 15 is 0 Å². The van der Waals surface area contributed by atoms with Gasteiger partial charge in [-0.25, -0.2) is 0 Å². The minimum absolute atomic E-state index is 0.119. The number of hydrogen-bond acceptors (Lipinski definition) is 3. The molecular formula is C9H16O3. The smallest absolute Gasteiger partial charge is 0.167 e. The summed E-state index contributed by atoms with van der Waals surface area (Å²) in [5.74, 6) is -0.354. The number of aliphatic hydroxyl groups is 2. The van der Waals surface area contributed by atoms with Crippen molar-refractivity contribution in [2.75, 3.05) is 0 Å². The summed E-state index contributed by atoms with van der Waals surface area (Å²) >= 11 is 0. The van der Waals surface area contributed by atoms with E-state index in [-0.39, 0.29) is 11.7 Å². The van der Waals surface area contributed by atoms with Crippen molar-refractivity contribution < 1.29 is 15.0 Å². The van der Waals surface area contributed by atoms with E-state index in [0.29, 0.717) is 12.8 Å². The maximum absolute atomic E-state index is 11.1. The molecule has 0 radical (unpaired) electrons. The normalized spacial score (nSPS) is 34.7. The zero-order chi connectivity index (χ0) is 9.57. The third-order valence-electron chi connectivity index (χ3n) is 3.14. The molecule has 1 aliphatic rings. The Balaban J connectivity index is 2.87. The van der Waals surface area contributed by atoms with Gasteiger partial charge in [0.15, 0.2) is 11.4 Å². The fourth-order valence-corrected chi connectivity index (χ4v) is 1.48. The first kappa shape index (κ1) is 9.68. The molecule has 12 heavy (non-hydrogen) atoms. The van der Waals surface area contributed by atoms with E-state index in [1.54, 1.807) is 13.8 Å². The molecule has 70 valence electrons.